The summed E-state index contributed by atoms with van der Waals surface area (Å²) in [5, 5.41) is 0. The minimum atomic E-state index is -4.39. The van der Waals surface area contributed by atoms with E-state index in [9.17, 15) is 19.0 Å². The van der Waals surface area contributed by atoms with E-state index in [0.717, 1.165) is 83.5 Å². The Kier molecular flexibility index (Phi) is 57.6. The molecule has 0 saturated carbocycles. The zero-order chi connectivity index (χ0) is 57.0. The van der Waals surface area contributed by atoms with Crippen LogP contribution < -0.4 is 0 Å². The number of hydrogen-bond donors (Lipinski definition) is 1. The SMILES string of the molecule is CC/C=C\C/C=C\C/C=C\C/C=C\CCCCCCCCC(=O)OC(COC(=O)CCCCCCCCCCCCCCCCCCCCCCCCC/C=C\CCCCCCCCCC)COP(=O)(O)OCC[N+](C)(C)C. The molecule has 0 fully saturated rings. The Morgan fingerprint density at radius 2 is 0.731 bits per heavy atom. The highest BCUT2D eigenvalue weighted by Gasteiger charge is 2.27. The van der Waals surface area contributed by atoms with Gasteiger partial charge >= 0.3 is 19.8 Å². The Hall–Kier alpha value is -2.29. The van der Waals surface area contributed by atoms with Gasteiger partial charge in [-0.15, -0.1) is 0 Å². The largest absolute Gasteiger partial charge is 0.472 e. The van der Waals surface area contributed by atoms with Crippen LogP contribution in [0.5, 0.6) is 0 Å². The molecule has 0 aromatic rings. The van der Waals surface area contributed by atoms with Crippen molar-refractivity contribution in [1.82, 2.24) is 0 Å². The Morgan fingerprint density at radius 1 is 0.410 bits per heavy atom. The predicted molar refractivity (Wildman–Crippen MR) is 335 cm³/mol. The third-order valence-corrected chi connectivity index (χ3v) is 15.5. The number of phosphoric acid groups is 1. The van der Waals surface area contributed by atoms with Gasteiger partial charge in [0.1, 0.15) is 19.8 Å². The Balaban J connectivity index is 3.97. The first-order valence-electron chi connectivity index (χ1n) is 33.0. The van der Waals surface area contributed by atoms with Crippen LogP contribution in [0.2, 0.25) is 0 Å². The van der Waals surface area contributed by atoms with E-state index in [0.29, 0.717) is 17.4 Å². The normalized spacial score (nSPS) is 13.6. The molecule has 0 bridgehead atoms. The molecule has 2 unspecified atom stereocenters. The van der Waals surface area contributed by atoms with E-state index in [1.54, 1.807) is 0 Å². The number of quaternary nitrogens is 1. The molecule has 0 heterocycles. The summed E-state index contributed by atoms with van der Waals surface area (Å²) in [6.07, 6.45) is 77.6. The highest BCUT2D eigenvalue weighted by molar-refractivity contribution is 7.47. The molecule has 0 saturated heterocycles. The fourth-order valence-electron chi connectivity index (χ4n) is 9.48. The summed E-state index contributed by atoms with van der Waals surface area (Å²) in [5.41, 5.74) is 0. The number of rotatable bonds is 61. The second kappa shape index (κ2) is 59.3. The van der Waals surface area contributed by atoms with E-state index >= 15 is 0 Å². The number of likely N-dealkylation sites (N-methyl/N-ethyl adjacent to an activating group) is 1. The molecule has 0 amide bonds. The summed E-state index contributed by atoms with van der Waals surface area (Å²) < 4.78 is 34.6. The lowest BCUT2D eigenvalue weighted by molar-refractivity contribution is -0.870. The number of esters is 2. The second-order valence-electron chi connectivity index (χ2n) is 23.5. The number of hydrogen-bond acceptors (Lipinski definition) is 7. The van der Waals surface area contributed by atoms with Crippen molar-refractivity contribution in [1.29, 1.82) is 0 Å². The predicted octanol–water partition coefficient (Wildman–Crippen LogP) is 21.0. The van der Waals surface area contributed by atoms with Gasteiger partial charge in [0.15, 0.2) is 6.10 Å². The zero-order valence-corrected chi connectivity index (χ0v) is 52.8. The van der Waals surface area contributed by atoms with Crippen molar-refractivity contribution >= 4 is 19.8 Å². The minimum absolute atomic E-state index is 0.0279. The Labute approximate surface area is 483 Å². The van der Waals surface area contributed by atoms with Gasteiger partial charge in [0.2, 0.25) is 0 Å². The van der Waals surface area contributed by atoms with Crippen molar-refractivity contribution in [3.05, 3.63) is 60.8 Å². The zero-order valence-electron chi connectivity index (χ0n) is 51.9. The van der Waals surface area contributed by atoms with Crippen molar-refractivity contribution in [2.75, 3.05) is 47.5 Å². The van der Waals surface area contributed by atoms with Crippen LogP contribution in [-0.2, 0) is 32.7 Å². The number of phosphoric ester groups is 1. The number of ether oxygens (including phenoxy) is 2. The lowest BCUT2D eigenvalue weighted by Crippen LogP contribution is -2.37. The quantitative estimate of drug-likeness (QED) is 0.0211. The van der Waals surface area contributed by atoms with Gasteiger partial charge in [-0.25, -0.2) is 4.57 Å². The van der Waals surface area contributed by atoms with Gasteiger partial charge in [-0.05, 0) is 77.0 Å². The fourth-order valence-corrected chi connectivity index (χ4v) is 10.2. The summed E-state index contributed by atoms with van der Waals surface area (Å²) in [6.45, 7) is 4.34. The minimum Gasteiger partial charge on any atom is -0.462 e. The lowest BCUT2D eigenvalue weighted by Gasteiger charge is -2.24. The van der Waals surface area contributed by atoms with Crippen LogP contribution >= 0.6 is 7.82 Å². The third-order valence-electron chi connectivity index (χ3n) is 14.5. The smallest absolute Gasteiger partial charge is 0.462 e. The molecule has 0 aromatic heterocycles. The van der Waals surface area contributed by atoms with Crippen molar-refractivity contribution in [2.24, 2.45) is 0 Å². The van der Waals surface area contributed by atoms with Gasteiger partial charge in [0.25, 0.3) is 0 Å². The Morgan fingerprint density at radius 3 is 1.10 bits per heavy atom. The fraction of sp³-hybridized carbons (Fsp3) is 0.824. The molecular weight excluding hydrogens is 990 g/mol. The van der Waals surface area contributed by atoms with Gasteiger partial charge in [-0.3, -0.25) is 18.6 Å². The summed E-state index contributed by atoms with van der Waals surface area (Å²) in [4.78, 5) is 35.8. The molecule has 10 heteroatoms. The molecule has 456 valence electrons. The maximum Gasteiger partial charge on any atom is 0.472 e. The van der Waals surface area contributed by atoms with Crippen LogP contribution in [0.15, 0.2) is 60.8 Å². The van der Waals surface area contributed by atoms with E-state index < -0.39 is 26.5 Å². The van der Waals surface area contributed by atoms with Crippen LogP contribution in [0.3, 0.4) is 0 Å². The van der Waals surface area contributed by atoms with Gasteiger partial charge < -0.3 is 18.9 Å². The molecular formula is C68H127NO8P+. The number of nitrogens with zero attached hydrogens (tertiary/aromatic N) is 1. The van der Waals surface area contributed by atoms with Crippen molar-refractivity contribution in [2.45, 2.75) is 315 Å². The number of carbonyl (C=O) groups is 2. The molecule has 78 heavy (non-hydrogen) atoms. The first-order valence-corrected chi connectivity index (χ1v) is 34.5. The molecule has 0 aromatic carbocycles. The monoisotopic (exact) mass is 1120 g/mol. The second-order valence-corrected chi connectivity index (χ2v) is 24.9. The van der Waals surface area contributed by atoms with E-state index in [1.165, 1.54) is 193 Å². The van der Waals surface area contributed by atoms with Crippen LogP contribution in [-0.4, -0.2) is 74.9 Å². The maximum absolute atomic E-state index is 12.8. The van der Waals surface area contributed by atoms with Crippen LogP contribution in [0, 0.1) is 0 Å². The summed E-state index contributed by atoms with van der Waals surface area (Å²) in [7, 11) is 1.47. The highest BCUT2D eigenvalue weighted by atomic mass is 31.2. The first kappa shape index (κ1) is 75.7. The van der Waals surface area contributed by atoms with Crippen molar-refractivity contribution in [3.8, 4) is 0 Å². The number of carbonyl (C=O) groups excluding carboxylic acids is 2. The maximum atomic E-state index is 12.8. The summed E-state index contributed by atoms with van der Waals surface area (Å²) >= 11 is 0. The van der Waals surface area contributed by atoms with Gasteiger partial charge in [-0.1, -0.05) is 280 Å². The topological polar surface area (TPSA) is 108 Å². The molecule has 0 aliphatic carbocycles. The Bertz CT molecular complexity index is 1500. The van der Waals surface area contributed by atoms with Crippen molar-refractivity contribution in [3.63, 3.8) is 0 Å². The summed E-state index contributed by atoms with van der Waals surface area (Å²) in [5.74, 6) is -0.803. The van der Waals surface area contributed by atoms with Crippen LogP contribution in [0.4, 0.5) is 0 Å². The standard InChI is InChI=1S/C68H126NO8P/c1-6-8-10-12-14-16-18-20-22-24-26-27-28-29-30-31-32-33-34-35-36-37-38-39-40-41-43-44-46-48-50-52-54-56-58-60-67(70)74-64-66(65-76-78(72,73)75-63-62-69(3,4)5)77-68(71)61-59-57-55-53-51-49-47-45-42-25-23-21-19-17-15-13-11-9-7-2/h9,11,15,17,21,23-24,26,42,45,66H,6-8,10,12-14,16,18-20,22,25,27-41,43-44,46-65H2,1-5H3/p+1/b11-9-,17-15-,23-21-,26-24-,45-42-. The lowest BCUT2D eigenvalue weighted by atomic mass is 10.0. The van der Waals surface area contributed by atoms with E-state index in [1.807, 2.05) is 21.1 Å². The van der Waals surface area contributed by atoms with Crippen molar-refractivity contribution < 1.29 is 42.1 Å². The highest BCUT2D eigenvalue weighted by Crippen LogP contribution is 2.43. The van der Waals surface area contributed by atoms with Crippen LogP contribution in [0.25, 0.3) is 0 Å². The molecule has 0 aliphatic rings. The summed E-state index contributed by atoms with van der Waals surface area (Å²) in [6, 6.07) is 0. The molecule has 0 aliphatic heterocycles. The van der Waals surface area contributed by atoms with Gasteiger partial charge in [0.05, 0.1) is 27.7 Å². The van der Waals surface area contributed by atoms with E-state index in [-0.39, 0.29) is 32.0 Å². The average molecular weight is 1120 g/mol. The molecule has 0 spiro atoms. The molecule has 9 nitrogen and oxygen atoms in total. The molecule has 0 radical (unpaired) electrons. The van der Waals surface area contributed by atoms with E-state index in [2.05, 4.69) is 74.6 Å². The van der Waals surface area contributed by atoms with Crippen LogP contribution in [0.1, 0.15) is 309 Å². The average Bonchev–Trinajstić information content (AvgIpc) is 3.41. The van der Waals surface area contributed by atoms with Gasteiger partial charge in [0, 0.05) is 12.8 Å². The number of unbranched alkanes of at least 4 members (excludes halogenated alkanes) is 37. The molecule has 0 rings (SSSR count). The first-order chi connectivity index (χ1) is 38.0. The third kappa shape index (κ3) is 62.9. The molecule has 1 N–H and O–H groups in total. The van der Waals surface area contributed by atoms with Gasteiger partial charge in [-0.2, -0.15) is 0 Å². The van der Waals surface area contributed by atoms with E-state index in [4.69, 9.17) is 18.5 Å². The number of allylic oxidation sites excluding steroid dienone is 10. The molecule has 2 atom stereocenters.